The maximum atomic E-state index is 12.6. The number of esters is 1. The quantitative estimate of drug-likeness (QED) is 0.0269. The summed E-state index contributed by atoms with van der Waals surface area (Å²) in [5.74, 6) is 0.773. The SMILES string of the molecule is C=CCCCO[C@@H]1O[C@H](COC(C)=O)[C@H](O[C@H]2O[C@H](COc3ccc(OC)cc3)[C@H](OCC=C)[C@H](OCc3ccccc3)[C@H]2OCc2ccccc2)[C@H](OCc2ccccc2)[C@H]1OCc1ccccc1. The molecule has 2 aliphatic rings. The summed E-state index contributed by atoms with van der Waals surface area (Å²) in [5, 5.41) is 0. The summed E-state index contributed by atoms with van der Waals surface area (Å²) in [6.07, 6.45) is -4.22. The zero-order valence-electron chi connectivity index (χ0n) is 40.1. The molecule has 2 saturated heterocycles. The Morgan fingerprint density at radius 1 is 0.514 bits per heavy atom. The number of methoxy groups -OCH3 is 1. The molecule has 0 aliphatic carbocycles. The Bertz CT molecular complexity index is 2250. The molecule has 13 nitrogen and oxygen atoms in total. The summed E-state index contributed by atoms with van der Waals surface area (Å²) in [6, 6.07) is 46.6. The summed E-state index contributed by atoms with van der Waals surface area (Å²) in [6.45, 7) is 10.3. The van der Waals surface area contributed by atoms with Crippen LogP contribution in [-0.4, -0.2) is 101 Å². The molecule has 0 bridgehead atoms. The zero-order valence-corrected chi connectivity index (χ0v) is 40.1. The highest BCUT2D eigenvalue weighted by Gasteiger charge is 2.55. The lowest BCUT2D eigenvalue weighted by atomic mass is 9.95. The van der Waals surface area contributed by atoms with Crippen LogP contribution in [0.15, 0.2) is 171 Å². The van der Waals surface area contributed by atoms with E-state index >= 15 is 0 Å². The second-order valence-electron chi connectivity index (χ2n) is 16.9. The minimum absolute atomic E-state index is 0.0278. The van der Waals surface area contributed by atoms with Gasteiger partial charge >= 0.3 is 5.97 Å². The molecule has 5 aromatic rings. The summed E-state index contributed by atoms with van der Waals surface area (Å²) in [7, 11) is 1.61. The summed E-state index contributed by atoms with van der Waals surface area (Å²) in [4.78, 5) is 12.6. The van der Waals surface area contributed by atoms with Gasteiger partial charge in [0.2, 0.25) is 0 Å². The molecule has 0 radical (unpaired) electrons. The van der Waals surface area contributed by atoms with E-state index in [0.29, 0.717) is 24.5 Å². The Morgan fingerprint density at radius 2 is 0.971 bits per heavy atom. The average Bonchev–Trinajstić information content (AvgIpc) is 3.40. The highest BCUT2D eigenvalue weighted by molar-refractivity contribution is 5.65. The Kier molecular flexibility index (Phi) is 21.0. The largest absolute Gasteiger partial charge is 0.497 e. The summed E-state index contributed by atoms with van der Waals surface area (Å²) in [5.41, 5.74) is 3.71. The molecule has 7 rings (SSSR count). The molecule has 0 saturated carbocycles. The van der Waals surface area contributed by atoms with E-state index in [9.17, 15) is 4.79 Å². The molecule has 2 fully saturated rings. The van der Waals surface area contributed by atoms with Crippen molar-refractivity contribution >= 4 is 5.97 Å². The number of rotatable bonds is 28. The van der Waals surface area contributed by atoms with Crippen LogP contribution in [0.25, 0.3) is 0 Å². The van der Waals surface area contributed by atoms with Crippen LogP contribution in [0, 0.1) is 0 Å². The first-order valence-corrected chi connectivity index (χ1v) is 23.9. The van der Waals surface area contributed by atoms with Crippen molar-refractivity contribution in [1.29, 1.82) is 0 Å². The van der Waals surface area contributed by atoms with Crippen LogP contribution in [0.3, 0.4) is 0 Å². The molecular weight excluding hydrogens is 893 g/mol. The van der Waals surface area contributed by atoms with Gasteiger partial charge in [-0.15, -0.1) is 13.2 Å². The van der Waals surface area contributed by atoms with Crippen molar-refractivity contribution in [2.24, 2.45) is 0 Å². The number of unbranched alkanes of at least 4 members (excludes halogenated alkanes) is 1. The standard InChI is InChI=1S/C57H66O13/c1-5-7-20-34-61-56-54(66-37-44-25-16-10-17-26-44)53(65-36-43-23-14-9-15-24-43)51(49(68-56)39-62-41(3)58)70-57-55(67-38-45-27-18-11-19-28-45)52(64-35-42-21-12-8-13-22-42)50(60-33-6-2)48(69-57)40-63-47-31-29-46(59-4)30-32-47/h5-6,8-19,21-32,48-57H,1-2,7,20,33-40H2,3-4H3/t48-,49-,50+,51+,52+,53+,54-,55-,56-,57-/m1/s1. The van der Waals surface area contributed by atoms with Gasteiger partial charge < -0.3 is 56.8 Å². The fraction of sp³-hybridized carbons (Fsp3) is 0.386. The van der Waals surface area contributed by atoms with Gasteiger partial charge in [0.25, 0.3) is 0 Å². The van der Waals surface area contributed by atoms with Gasteiger partial charge in [0.1, 0.15) is 73.5 Å². The number of carbonyl (C=O) groups excluding carboxylic acids is 1. The predicted molar refractivity (Wildman–Crippen MR) is 263 cm³/mol. The molecule has 0 aromatic heterocycles. The monoisotopic (exact) mass is 958 g/mol. The molecule has 0 N–H and O–H groups in total. The molecule has 0 amide bonds. The fourth-order valence-electron chi connectivity index (χ4n) is 8.24. The van der Waals surface area contributed by atoms with Crippen molar-refractivity contribution in [1.82, 2.24) is 0 Å². The predicted octanol–water partition coefficient (Wildman–Crippen LogP) is 9.37. The van der Waals surface area contributed by atoms with Crippen LogP contribution in [-0.2, 0) is 78.6 Å². The Morgan fingerprint density at radius 3 is 1.46 bits per heavy atom. The highest BCUT2D eigenvalue weighted by Crippen LogP contribution is 2.37. The van der Waals surface area contributed by atoms with Crippen molar-refractivity contribution in [2.75, 3.05) is 33.5 Å². The van der Waals surface area contributed by atoms with Gasteiger partial charge in [-0.3, -0.25) is 4.79 Å². The van der Waals surface area contributed by atoms with Gasteiger partial charge in [0.05, 0.1) is 46.8 Å². The maximum Gasteiger partial charge on any atom is 0.302 e. The van der Waals surface area contributed by atoms with E-state index in [2.05, 4.69) is 13.2 Å². The van der Waals surface area contributed by atoms with E-state index in [0.717, 1.165) is 28.7 Å². The van der Waals surface area contributed by atoms with E-state index in [-0.39, 0.29) is 46.2 Å². The van der Waals surface area contributed by atoms with Gasteiger partial charge in [0.15, 0.2) is 12.6 Å². The number of benzene rings is 5. The van der Waals surface area contributed by atoms with E-state index in [1.807, 2.05) is 152 Å². The normalized spacial score (nSPS) is 24.3. The van der Waals surface area contributed by atoms with E-state index in [4.69, 9.17) is 56.8 Å². The molecule has 13 heteroatoms. The lowest BCUT2D eigenvalue weighted by Gasteiger charge is -2.50. The highest BCUT2D eigenvalue weighted by atomic mass is 16.8. The van der Waals surface area contributed by atoms with E-state index in [1.54, 1.807) is 13.2 Å². The van der Waals surface area contributed by atoms with Gasteiger partial charge in [0, 0.05) is 6.92 Å². The molecule has 70 heavy (non-hydrogen) atoms. The van der Waals surface area contributed by atoms with Crippen molar-refractivity contribution < 1.29 is 61.6 Å². The maximum absolute atomic E-state index is 12.6. The molecule has 372 valence electrons. The molecule has 0 unspecified atom stereocenters. The van der Waals surface area contributed by atoms with Gasteiger partial charge in [-0.05, 0) is 59.4 Å². The molecule has 10 atom stereocenters. The third-order valence-corrected chi connectivity index (χ3v) is 11.8. The lowest BCUT2D eigenvalue weighted by Crippen LogP contribution is -2.66. The number of hydrogen-bond donors (Lipinski definition) is 0. The summed E-state index contributed by atoms with van der Waals surface area (Å²) >= 11 is 0. The molecule has 2 heterocycles. The minimum Gasteiger partial charge on any atom is -0.497 e. The molecule has 5 aromatic carbocycles. The van der Waals surface area contributed by atoms with Crippen LogP contribution in [0.1, 0.15) is 42.0 Å². The second kappa shape index (κ2) is 28.2. The van der Waals surface area contributed by atoms with Crippen molar-refractivity contribution in [3.63, 3.8) is 0 Å². The molecule has 2 aliphatic heterocycles. The first-order chi connectivity index (χ1) is 34.4. The lowest BCUT2D eigenvalue weighted by molar-refractivity contribution is -0.375. The Labute approximate surface area is 412 Å². The van der Waals surface area contributed by atoms with E-state index < -0.39 is 67.4 Å². The van der Waals surface area contributed by atoms with E-state index in [1.165, 1.54) is 6.92 Å². The summed E-state index contributed by atoms with van der Waals surface area (Å²) < 4.78 is 79.6. The zero-order chi connectivity index (χ0) is 48.8. The van der Waals surface area contributed by atoms with Crippen molar-refractivity contribution in [2.45, 2.75) is 108 Å². The second-order valence-corrected chi connectivity index (χ2v) is 16.9. The fourth-order valence-corrected chi connectivity index (χ4v) is 8.24. The van der Waals surface area contributed by atoms with Crippen molar-refractivity contribution in [3.05, 3.63) is 193 Å². The van der Waals surface area contributed by atoms with Crippen LogP contribution in [0.4, 0.5) is 0 Å². The number of carbonyl (C=O) groups is 1. The Balaban J connectivity index is 1.31. The average molecular weight is 959 g/mol. The van der Waals surface area contributed by atoms with Crippen LogP contribution >= 0.6 is 0 Å². The third-order valence-electron chi connectivity index (χ3n) is 11.8. The van der Waals surface area contributed by atoms with Crippen LogP contribution in [0.2, 0.25) is 0 Å². The third kappa shape index (κ3) is 15.6. The topological polar surface area (TPSA) is 128 Å². The van der Waals surface area contributed by atoms with Gasteiger partial charge in [-0.25, -0.2) is 0 Å². The molecular formula is C57H66O13. The molecule has 0 spiro atoms. The first-order valence-electron chi connectivity index (χ1n) is 23.9. The number of ether oxygens (including phenoxy) is 12. The van der Waals surface area contributed by atoms with Gasteiger partial charge in [-0.1, -0.05) is 133 Å². The van der Waals surface area contributed by atoms with Crippen LogP contribution < -0.4 is 9.47 Å². The first kappa shape index (κ1) is 52.1. The van der Waals surface area contributed by atoms with Gasteiger partial charge in [-0.2, -0.15) is 0 Å². The smallest absolute Gasteiger partial charge is 0.302 e. The van der Waals surface area contributed by atoms with Crippen LogP contribution in [0.5, 0.6) is 11.5 Å². The Hall–Kier alpha value is -5.71. The number of hydrogen-bond acceptors (Lipinski definition) is 13. The minimum atomic E-state index is -1.19. The number of allylic oxidation sites excluding steroid dienone is 1. The van der Waals surface area contributed by atoms with Crippen molar-refractivity contribution in [3.8, 4) is 11.5 Å².